The molecule has 2 aromatic carbocycles. The molecule has 0 radical (unpaired) electrons. The first-order valence-electron chi connectivity index (χ1n) is 10.9. The maximum absolute atomic E-state index is 12.5. The van der Waals surface area contributed by atoms with Gasteiger partial charge in [-0.15, -0.1) is 0 Å². The van der Waals surface area contributed by atoms with E-state index >= 15 is 0 Å². The summed E-state index contributed by atoms with van der Waals surface area (Å²) in [4.78, 5) is 24.9. The Kier molecular flexibility index (Phi) is 6.69. The molecule has 172 valence electrons. The van der Waals surface area contributed by atoms with E-state index in [9.17, 15) is 9.59 Å². The van der Waals surface area contributed by atoms with Crippen molar-refractivity contribution >= 4 is 42.2 Å². The van der Waals surface area contributed by atoms with Gasteiger partial charge in [-0.3, -0.25) is 0 Å². The van der Waals surface area contributed by atoms with E-state index in [4.69, 9.17) is 18.3 Å². The van der Waals surface area contributed by atoms with Crippen molar-refractivity contribution in [2.24, 2.45) is 0 Å². The molecule has 0 unspecified atom stereocenters. The number of hydrogen-bond acceptors (Lipinski definition) is 6. The summed E-state index contributed by atoms with van der Waals surface area (Å²) in [6.45, 7) is 13.3. The highest BCUT2D eigenvalue weighted by molar-refractivity contribution is 6.78. The fourth-order valence-electron chi connectivity index (χ4n) is 5.04. The summed E-state index contributed by atoms with van der Waals surface area (Å²) in [5, 5.41) is 1.37. The van der Waals surface area contributed by atoms with Crippen LogP contribution in [-0.2, 0) is 9.47 Å². The molecular weight excluding hydrogens is 424 g/mol. The van der Waals surface area contributed by atoms with E-state index in [1.165, 1.54) is 14.2 Å². The van der Waals surface area contributed by atoms with Gasteiger partial charge in [0.1, 0.15) is 22.5 Å². The van der Waals surface area contributed by atoms with Crippen molar-refractivity contribution < 1.29 is 27.9 Å². The van der Waals surface area contributed by atoms with Crippen molar-refractivity contribution in [2.45, 2.75) is 58.2 Å². The molecule has 0 bridgehead atoms. The molecule has 3 rings (SSSR count). The molecule has 1 heterocycles. The number of hydrogen-bond donors (Lipinski definition) is 0. The van der Waals surface area contributed by atoms with E-state index in [1.54, 1.807) is 18.2 Å². The molecule has 0 saturated heterocycles. The van der Waals surface area contributed by atoms with Gasteiger partial charge in [0.15, 0.2) is 5.58 Å². The average Bonchev–Trinajstić information content (AvgIpc) is 3.15. The summed E-state index contributed by atoms with van der Waals surface area (Å²) >= 11 is 0. The second-order valence-electron chi connectivity index (χ2n) is 9.00. The molecule has 0 amide bonds. The number of para-hydroxylation sites is 1. The molecule has 7 heteroatoms. The van der Waals surface area contributed by atoms with E-state index in [2.05, 4.69) is 41.5 Å². The summed E-state index contributed by atoms with van der Waals surface area (Å²) in [7, 11) is 0.363. The molecule has 0 saturated carbocycles. The van der Waals surface area contributed by atoms with Crippen molar-refractivity contribution in [2.75, 3.05) is 14.2 Å². The largest absolute Gasteiger partial charge is 0.542 e. The summed E-state index contributed by atoms with van der Waals surface area (Å²) in [5.74, 6) is -0.358. The number of methoxy groups -OCH3 is 2. The highest BCUT2D eigenvalue weighted by atomic mass is 28.4. The Morgan fingerprint density at radius 2 is 1.31 bits per heavy atom. The number of carbonyl (C=O) groups is 2. The SMILES string of the molecule is COC(=O)c1cccc2c1oc1c(C(=O)OC)ccc(O[Si](C(C)C)(C(C)C)C(C)C)c12. The Hall–Kier alpha value is -2.80. The van der Waals surface area contributed by atoms with E-state index in [1.807, 2.05) is 12.1 Å². The normalized spacial score (nSPS) is 12.2. The first-order valence-corrected chi connectivity index (χ1v) is 13.1. The fraction of sp³-hybridized carbons (Fsp3) is 0.440. The lowest BCUT2D eigenvalue weighted by Crippen LogP contribution is -2.50. The van der Waals surface area contributed by atoms with E-state index in [0.29, 0.717) is 49.9 Å². The first-order chi connectivity index (χ1) is 15.1. The van der Waals surface area contributed by atoms with Gasteiger partial charge in [-0.2, -0.15) is 0 Å². The molecular formula is C25H32O6Si. The molecule has 3 aromatic rings. The zero-order valence-electron chi connectivity index (χ0n) is 20.1. The zero-order chi connectivity index (χ0) is 23.8. The Balaban J connectivity index is 2.40. The predicted octanol–water partition coefficient (Wildman–Crippen LogP) is 6.71. The third-order valence-electron chi connectivity index (χ3n) is 6.41. The van der Waals surface area contributed by atoms with Crippen LogP contribution < -0.4 is 4.43 Å². The Bertz CT molecular complexity index is 1140. The van der Waals surface area contributed by atoms with Gasteiger partial charge in [-0.25, -0.2) is 9.59 Å². The van der Waals surface area contributed by atoms with Gasteiger partial charge in [-0.05, 0) is 34.8 Å². The summed E-state index contributed by atoms with van der Waals surface area (Å²) in [5.41, 5.74) is 2.38. The molecule has 0 aliphatic carbocycles. The lowest BCUT2D eigenvalue weighted by atomic mass is 10.1. The lowest BCUT2D eigenvalue weighted by molar-refractivity contribution is 0.0594. The van der Waals surface area contributed by atoms with Crippen molar-refractivity contribution in [3.8, 4) is 5.75 Å². The molecule has 0 spiro atoms. The maximum Gasteiger partial charge on any atom is 0.341 e. The van der Waals surface area contributed by atoms with Crippen LogP contribution in [0.25, 0.3) is 21.9 Å². The quantitative estimate of drug-likeness (QED) is 0.290. The van der Waals surface area contributed by atoms with Gasteiger partial charge in [-0.1, -0.05) is 53.7 Å². The summed E-state index contributed by atoms with van der Waals surface area (Å²) in [6, 6.07) is 8.78. The smallest absolute Gasteiger partial charge is 0.341 e. The minimum atomic E-state index is -2.29. The summed E-state index contributed by atoms with van der Waals surface area (Å²) < 4.78 is 23.0. The van der Waals surface area contributed by atoms with Gasteiger partial charge in [0.05, 0.1) is 19.6 Å². The predicted molar refractivity (Wildman–Crippen MR) is 128 cm³/mol. The topological polar surface area (TPSA) is 75.0 Å². The lowest BCUT2D eigenvalue weighted by Gasteiger charge is -2.42. The van der Waals surface area contributed by atoms with Crippen molar-refractivity contribution in [3.05, 3.63) is 41.5 Å². The van der Waals surface area contributed by atoms with E-state index in [-0.39, 0.29) is 5.56 Å². The highest BCUT2D eigenvalue weighted by Gasteiger charge is 2.47. The second kappa shape index (κ2) is 8.98. The van der Waals surface area contributed by atoms with Crippen LogP contribution in [0.15, 0.2) is 34.7 Å². The minimum Gasteiger partial charge on any atom is -0.542 e. The van der Waals surface area contributed by atoms with Crippen LogP contribution in [0, 0.1) is 0 Å². The molecule has 0 aliphatic heterocycles. The third-order valence-corrected chi connectivity index (χ3v) is 12.4. The number of rotatable bonds is 7. The van der Waals surface area contributed by atoms with Crippen LogP contribution >= 0.6 is 0 Å². The average molecular weight is 457 g/mol. The van der Waals surface area contributed by atoms with Gasteiger partial charge < -0.3 is 18.3 Å². The van der Waals surface area contributed by atoms with Gasteiger partial charge in [0, 0.05) is 5.39 Å². The van der Waals surface area contributed by atoms with E-state index in [0.717, 1.165) is 0 Å². The molecule has 0 N–H and O–H groups in total. The van der Waals surface area contributed by atoms with Crippen LogP contribution in [0.3, 0.4) is 0 Å². The van der Waals surface area contributed by atoms with Gasteiger partial charge >= 0.3 is 11.9 Å². The van der Waals surface area contributed by atoms with Crippen molar-refractivity contribution in [1.82, 2.24) is 0 Å². The van der Waals surface area contributed by atoms with Gasteiger partial charge in [0.25, 0.3) is 8.32 Å². The van der Waals surface area contributed by atoms with Crippen LogP contribution in [-0.4, -0.2) is 34.5 Å². The monoisotopic (exact) mass is 456 g/mol. The Labute approximate surface area is 190 Å². The van der Waals surface area contributed by atoms with Crippen LogP contribution in [0.1, 0.15) is 62.3 Å². The van der Waals surface area contributed by atoms with Crippen LogP contribution in [0.5, 0.6) is 5.75 Å². The first kappa shape index (κ1) is 23.9. The molecule has 6 nitrogen and oxygen atoms in total. The number of fused-ring (bicyclic) bond motifs is 3. The molecule has 32 heavy (non-hydrogen) atoms. The number of furan rings is 1. The van der Waals surface area contributed by atoms with Crippen molar-refractivity contribution in [3.63, 3.8) is 0 Å². The Morgan fingerprint density at radius 1 is 0.781 bits per heavy atom. The van der Waals surface area contributed by atoms with Crippen LogP contribution in [0.2, 0.25) is 16.6 Å². The number of carbonyl (C=O) groups excluding carboxylic acids is 2. The Morgan fingerprint density at radius 3 is 1.81 bits per heavy atom. The van der Waals surface area contributed by atoms with Crippen LogP contribution in [0.4, 0.5) is 0 Å². The highest BCUT2D eigenvalue weighted by Crippen LogP contribution is 2.46. The number of benzene rings is 2. The molecule has 0 aliphatic rings. The van der Waals surface area contributed by atoms with Crippen molar-refractivity contribution in [1.29, 1.82) is 0 Å². The third kappa shape index (κ3) is 3.68. The molecule has 0 atom stereocenters. The second-order valence-corrected chi connectivity index (χ2v) is 14.4. The number of esters is 2. The summed E-state index contributed by atoms with van der Waals surface area (Å²) in [6.07, 6.45) is 0. The maximum atomic E-state index is 12.5. The molecule has 0 fully saturated rings. The van der Waals surface area contributed by atoms with Gasteiger partial charge in [0.2, 0.25) is 0 Å². The van der Waals surface area contributed by atoms with E-state index < -0.39 is 20.3 Å². The number of ether oxygens (including phenoxy) is 2. The standard InChI is InChI=1S/C25H32O6Si/c1-14(2)32(15(3)4,16(5)6)31-20-13-12-19(25(27)29-8)23-21(20)17-10-9-11-18(22(17)30-23)24(26)28-7/h9-16H,1-8H3. The minimum absolute atomic E-state index is 0.285. The fourth-order valence-corrected chi connectivity index (χ4v) is 10.3. The zero-order valence-corrected chi connectivity index (χ0v) is 21.1. The molecule has 1 aromatic heterocycles.